The van der Waals surface area contributed by atoms with Gasteiger partial charge in [0.05, 0.1) is 27.5 Å². The number of nitrogens with zero attached hydrogens (tertiary/aromatic N) is 3. The first-order valence-electron chi connectivity index (χ1n) is 8.99. The van der Waals surface area contributed by atoms with Crippen molar-refractivity contribution in [3.8, 4) is 5.69 Å². The van der Waals surface area contributed by atoms with Crippen LogP contribution in [0, 0.1) is 0 Å². The van der Waals surface area contributed by atoms with Crippen molar-refractivity contribution in [1.82, 2.24) is 14.1 Å². The number of ether oxygens (including phenoxy) is 1. The average molecular weight is 430 g/mol. The van der Waals surface area contributed by atoms with Gasteiger partial charge in [0, 0.05) is 42.7 Å². The molecule has 0 saturated heterocycles. The van der Waals surface area contributed by atoms with Crippen LogP contribution in [0.5, 0.6) is 0 Å². The Kier molecular flexibility index (Phi) is 5.41. The van der Waals surface area contributed by atoms with Gasteiger partial charge < -0.3 is 9.30 Å². The highest BCUT2D eigenvalue weighted by atomic mass is 35.5. The van der Waals surface area contributed by atoms with E-state index in [2.05, 4.69) is 4.98 Å². The lowest BCUT2D eigenvalue weighted by Gasteiger charge is -2.10. The lowest BCUT2D eigenvalue weighted by molar-refractivity contribution is 0.190. The number of methoxy groups -OCH3 is 1. The van der Waals surface area contributed by atoms with Crippen molar-refractivity contribution in [3.05, 3.63) is 79.5 Å². The number of benzene rings is 1. The highest BCUT2D eigenvalue weighted by molar-refractivity contribution is 6.34. The van der Waals surface area contributed by atoms with Crippen molar-refractivity contribution in [2.24, 2.45) is 0 Å². The topological polar surface area (TPSA) is 66.1 Å². The molecule has 1 aromatic carbocycles. The Labute approximate surface area is 175 Å². The van der Waals surface area contributed by atoms with Gasteiger partial charge in [-0.3, -0.25) is 14.2 Å². The molecule has 0 N–H and O–H groups in total. The molecule has 0 atom stereocenters. The van der Waals surface area contributed by atoms with Gasteiger partial charge in [-0.2, -0.15) is 0 Å². The van der Waals surface area contributed by atoms with Crippen LogP contribution in [0.25, 0.3) is 27.5 Å². The molecule has 0 bridgehead atoms. The van der Waals surface area contributed by atoms with Crippen LogP contribution in [-0.4, -0.2) is 27.8 Å². The average Bonchev–Trinajstić information content (AvgIpc) is 2.68. The fraction of sp³-hybridized carbons (Fsp3) is 0.190. The normalized spacial score (nSPS) is 11.4. The molecule has 4 aromatic rings. The summed E-state index contributed by atoms with van der Waals surface area (Å²) in [5.41, 5.74) is 1.12. The number of halogens is 2. The highest BCUT2D eigenvalue weighted by Crippen LogP contribution is 2.22. The number of aromatic nitrogens is 3. The molecule has 3 aromatic heterocycles. The molecule has 0 radical (unpaired) electrons. The van der Waals surface area contributed by atoms with Crippen LogP contribution in [0.1, 0.15) is 6.42 Å². The number of aryl methyl sites for hydroxylation is 1. The number of hydrogen-bond donors (Lipinski definition) is 0. The van der Waals surface area contributed by atoms with E-state index in [1.165, 1.54) is 4.57 Å². The Morgan fingerprint density at radius 1 is 0.931 bits per heavy atom. The first kappa shape index (κ1) is 19.6. The number of fused-ring (bicyclic) bond motifs is 2. The van der Waals surface area contributed by atoms with E-state index in [0.717, 1.165) is 0 Å². The molecule has 3 heterocycles. The van der Waals surface area contributed by atoms with E-state index in [0.29, 0.717) is 57.1 Å². The number of pyridine rings is 3. The summed E-state index contributed by atoms with van der Waals surface area (Å²) in [5, 5.41) is 1.60. The van der Waals surface area contributed by atoms with E-state index >= 15 is 0 Å². The van der Waals surface area contributed by atoms with Crippen LogP contribution >= 0.6 is 23.2 Å². The van der Waals surface area contributed by atoms with Crippen molar-refractivity contribution in [1.29, 1.82) is 0 Å². The molecule has 0 saturated carbocycles. The Morgan fingerprint density at radius 3 is 2.28 bits per heavy atom. The van der Waals surface area contributed by atoms with Crippen molar-refractivity contribution < 1.29 is 4.74 Å². The molecule has 0 amide bonds. The highest BCUT2D eigenvalue weighted by Gasteiger charge is 2.11. The minimum Gasteiger partial charge on any atom is -0.385 e. The summed E-state index contributed by atoms with van der Waals surface area (Å²) in [4.78, 5) is 30.5. The van der Waals surface area contributed by atoms with E-state index < -0.39 is 0 Å². The third kappa shape index (κ3) is 3.79. The van der Waals surface area contributed by atoms with E-state index in [-0.39, 0.29) is 11.1 Å². The van der Waals surface area contributed by atoms with Crippen molar-refractivity contribution in [2.75, 3.05) is 13.7 Å². The molecule has 0 fully saturated rings. The van der Waals surface area contributed by atoms with Gasteiger partial charge in [-0.1, -0.05) is 23.2 Å². The Balaban J connectivity index is 1.90. The van der Waals surface area contributed by atoms with Crippen LogP contribution in [0.2, 0.25) is 10.0 Å². The van der Waals surface area contributed by atoms with Crippen LogP contribution in [0.3, 0.4) is 0 Å². The molecule has 4 rings (SSSR count). The molecular weight excluding hydrogens is 413 g/mol. The summed E-state index contributed by atoms with van der Waals surface area (Å²) in [5.74, 6) is 0. The SMILES string of the molecule is COCCCn1ccc2nc3ccn(-c4cc(Cl)cc(Cl)c4)c(=O)c3cc2c1=O. The Bertz CT molecular complexity index is 1320. The van der Waals surface area contributed by atoms with E-state index in [4.69, 9.17) is 27.9 Å². The van der Waals surface area contributed by atoms with Gasteiger partial charge in [-0.25, -0.2) is 4.98 Å². The zero-order chi connectivity index (χ0) is 20.5. The fourth-order valence-electron chi connectivity index (χ4n) is 3.30. The second-order valence-corrected chi connectivity index (χ2v) is 7.51. The Hall–Kier alpha value is -2.67. The maximum absolute atomic E-state index is 13.1. The third-order valence-electron chi connectivity index (χ3n) is 4.69. The smallest absolute Gasteiger partial charge is 0.264 e. The predicted octanol–water partition coefficient (Wildman–Crippen LogP) is 4.04. The lowest BCUT2D eigenvalue weighted by atomic mass is 10.2. The zero-order valence-electron chi connectivity index (χ0n) is 15.6. The Morgan fingerprint density at radius 2 is 1.59 bits per heavy atom. The molecule has 148 valence electrons. The maximum Gasteiger partial charge on any atom is 0.264 e. The first-order valence-corrected chi connectivity index (χ1v) is 9.74. The number of rotatable bonds is 5. The molecule has 0 aliphatic carbocycles. The minimum absolute atomic E-state index is 0.186. The molecule has 0 aliphatic rings. The van der Waals surface area contributed by atoms with Gasteiger partial charge in [0.2, 0.25) is 0 Å². The van der Waals surface area contributed by atoms with Crippen LogP contribution in [-0.2, 0) is 11.3 Å². The van der Waals surface area contributed by atoms with Gasteiger partial charge in [-0.05, 0) is 42.8 Å². The second kappa shape index (κ2) is 7.99. The molecule has 0 aliphatic heterocycles. The fourth-order valence-corrected chi connectivity index (χ4v) is 3.82. The molecular formula is C21H17Cl2N3O3. The summed E-state index contributed by atoms with van der Waals surface area (Å²) < 4.78 is 8.09. The van der Waals surface area contributed by atoms with Gasteiger partial charge in [0.15, 0.2) is 0 Å². The molecule has 0 unspecified atom stereocenters. The summed E-state index contributed by atoms with van der Waals surface area (Å²) in [7, 11) is 1.62. The van der Waals surface area contributed by atoms with Gasteiger partial charge in [-0.15, -0.1) is 0 Å². The molecule has 6 nitrogen and oxygen atoms in total. The summed E-state index contributed by atoms with van der Waals surface area (Å²) in [6, 6.07) is 10.0. The minimum atomic E-state index is -0.301. The van der Waals surface area contributed by atoms with E-state index in [1.54, 1.807) is 60.5 Å². The zero-order valence-corrected chi connectivity index (χ0v) is 17.1. The molecule has 0 spiro atoms. The molecule has 29 heavy (non-hydrogen) atoms. The maximum atomic E-state index is 13.1. The largest absolute Gasteiger partial charge is 0.385 e. The van der Waals surface area contributed by atoms with Gasteiger partial charge in [0.1, 0.15) is 0 Å². The lowest BCUT2D eigenvalue weighted by Crippen LogP contribution is -2.22. The monoisotopic (exact) mass is 429 g/mol. The second-order valence-electron chi connectivity index (χ2n) is 6.63. The van der Waals surface area contributed by atoms with E-state index in [1.807, 2.05) is 0 Å². The quantitative estimate of drug-likeness (QED) is 0.354. The van der Waals surface area contributed by atoms with Crippen molar-refractivity contribution in [2.45, 2.75) is 13.0 Å². The van der Waals surface area contributed by atoms with Gasteiger partial charge >= 0.3 is 0 Å². The van der Waals surface area contributed by atoms with Crippen molar-refractivity contribution in [3.63, 3.8) is 0 Å². The van der Waals surface area contributed by atoms with E-state index in [9.17, 15) is 9.59 Å². The van der Waals surface area contributed by atoms with Crippen LogP contribution in [0.4, 0.5) is 0 Å². The summed E-state index contributed by atoms with van der Waals surface area (Å²) in [6.07, 6.45) is 4.05. The number of hydrogen-bond acceptors (Lipinski definition) is 4. The van der Waals surface area contributed by atoms with Crippen molar-refractivity contribution >= 4 is 45.0 Å². The van der Waals surface area contributed by atoms with Gasteiger partial charge in [0.25, 0.3) is 11.1 Å². The van der Waals surface area contributed by atoms with Crippen LogP contribution < -0.4 is 11.1 Å². The predicted molar refractivity (Wildman–Crippen MR) is 116 cm³/mol. The summed E-state index contributed by atoms with van der Waals surface area (Å²) in [6.45, 7) is 1.09. The summed E-state index contributed by atoms with van der Waals surface area (Å²) >= 11 is 12.1. The first-order chi connectivity index (χ1) is 14.0. The standard InChI is InChI=1S/C21H17Cl2N3O3/c1-29-8-2-5-25-6-3-18-16(20(25)27)12-17-19(24-18)4-7-26(21(17)28)15-10-13(22)9-14(23)11-15/h3-4,6-7,9-12H,2,5,8H2,1H3. The molecule has 8 heteroatoms. The van der Waals surface area contributed by atoms with Crippen LogP contribution in [0.15, 0.2) is 58.4 Å². The third-order valence-corrected chi connectivity index (χ3v) is 5.13.